The summed E-state index contributed by atoms with van der Waals surface area (Å²) in [4.78, 5) is 66.2. The molecular formula is C40H55N7O5S. The van der Waals surface area contributed by atoms with Gasteiger partial charge in [0.2, 0.25) is 23.6 Å². The molecule has 2 aromatic rings. The zero-order valence-corrected chi connectivity index (χ0v) is 31.5. The molecule has 0 aromatic heterocycles. The van der Waals surface area contributed by atoms with Crippen LogP contribution < -0.4 is 32.3 Å². The van der Waals surface area contributed by atoms with Crippen LogP contribution in [0.5, 0.6) is 0 Å². The lowest BCUT2D eigenvalue weighted by atomic mass is 9.96. The Bertz CT molecular complexity index is 1590. The fourth-order valence-electron chi connectivity index (χ4n) is 8.22. The lowest BCUT2D eigenvalue weighted by Crippen LogP contribution is -2.56. The molecule has 6 amide bonds. The fourth-order valence-corrected chi connectivity index (χ4v) is 9.76. The second-order valence-electron chi connectivity index (χ2n) is 14.9. The largest absolute Gasteiger partial charge is 0.356 e. The van der Waals surface area contributed by atoms with Gasteiger partial charge in [0.25, 0.3) is 0 Å². The number of nitrogens with zero attached hydrogens (tertiary/aromatic N) is 1. The molecule has 0 bridgehead atoms. The van der Waals surface area contributed by atoms with Crippen LogP contribution in [-0.4, -0.2) is 88.4 Å². The number of fused-ring (bicyclic) bond motifs is 2. The van der Waals surface area contributed by atoms with E-state index in [0.29, 0.717) is 37.5 Å². The van der Waals surface area contributed by atoms with Gasteiger partial charge in [0.1, 0.15) is 12.1 Å². The highest BCUT2D eigenvalue weighted by molar-refractivity contribution is 8.00. The van der Waals surface area contributed by atoms with E-state index in [1.54, 1.807) is 4.90 Å². The molecule has 4 aliphatic heterocycles. The van der Waals surface area contributed by atoms with E-state index >= 15 is 0 Å². The minimum absolute atomic E-state index is 0.0236. The van der Waals surface area contributed by atoms with Crippen molar-refractivity contribution in [3.05, 3.63) is 71.3 Å². The first-order chi connectivity index (χ1) is 25.7. The van der Waals surface area contributed by atoms with Gasteiger partial charge in [0.15, 0.2) is 0 Å². The van der Waals surface area contributed by atoms with Crippen molar-refractivity contribution >= 4 is 41.4 Å². The molecule has 4 fully saturated rings. The number of urea groups is 1. The van der Waals surface area contributed by atoms with Crippen LogP contribution in [0.2, 0.25) is 0 Å². The Morgan fingerprint density at radius 1 is 0.943 bits per heavy atom. The minimum Gasteiger partial charge on any atom is -0.356 e. The summed E-state index contributed by atoms with van der Waals surface area (Å²) in [7, 11) is 0. The number of unbranched alkanes of at least 4 members (excludes halogenated alkanes) is 1. The van der Waals surface area contributed by atoms with Crippen LogP contribution in [0.4, 0.5) is 4.79 Å². The van der Waals surface area contributed by atoms with Crippen molar-refractivity contribution in [2.45, 2.75) is 132 Å². The van der Waals surface area contributed by atoms with E-state index in [4.69, 9.17) is 5.73 Å². The average molecular weight is 746 g/mol. The summed E-state index contributed by atoms with van der Waals surface area (Å²) >= 11 is 1.90. The zero-order valence-electron chi connectivity index (χ0n) is 30.7. The second-order valence-corrected chi connectivity index (χ2v) is 16.2. The number of thioether (sulfide) groups is 1. The fraction of sp³-hybridized carbons (Fsp3) is 0.575. The summed E-state index contributed by atoms with van der Waals surface area (Å²) in [6.07, 6.45) is 8.89. The van der Waals surface area contributed by atoms with Crippen LogP contribution in [-0.2, 0) is 25.6 Å². The highest BCUT2D eigenvalue weighted by Crippen LogP contribution is 2.34. The second kappa shape index (κ2) is 18.3. The summed E-state index contributed by atoms with van der Waals surface area (Å²) in [6, 6.07) is 16.0. The summed E-state index contributed by atoms with van der Waals surface area (Å²) < 4.78 is 0. The molecule has 8 atom stereocenters. The maximum absolute atomic E-state index is 14.0. The number of nitrogens with one attached hydrogen (secondary N) is 5. The number of benzene rings is 2. The summed E-state index contributed by atoms with van der Waals surface area (Å²) in [5.41, 5.74) is 8.97. The number of amides is 6. The van der Waals surface area contributed by atoms with Gasteiger partial charge in [-0.05, 0) is 80.9 Å². The Kier molecular flexibility index (Phi) is 13.3. The van der Waals surface area contributed by atoms with Crippen LogP contribution >= 0.6 is 11.8 Å². The van der Waals surface area contributed by atoms with Crippen LogP contribution in [0.25, 0.3) is 0 Å². The van der Waals surface area contributed by atoms with E-state index in [0.717, 1.165) is 73.8 Å². The molecule has 12 nitrogen and oxygen atoms in total. The van der Waals surface area contributed by atoms with Crippen molar-refractivity contribution in [2.24, 2.45) is 5.73 Å². The van der Waals surface area contributed by atoms with E-state index < -0.39 is 24.2 Å². The third kappa shape index (κ3) is 9.72. The van der Waals surface area contributed by atoms with Gasteiger partial charge < -0.3 is 37.2 Å². The Morgan fingerprint density at radius 2 is 1.72 bits per heavy atom. The number of carbonyl (C=O) groups is 5. The van der Waals surface area contributed by atoms with Gasteiger partial charge in [-0.2, -0.15) is 11.8 Å². The van der Waals surface area contributed by atoms with Crippen LogP contribution in [0, 0.1) is 0 Å². The first kappa shape index (κ1) is 38.6. The average Bonchev–Trinajstić information content (AvgIpc) is 3.85. The Morgan fingerprint density at radius 3 is 2.49 bits per heavy atom. The van der Waals surface area contributed by atoms with Crippen molar-refractivity contribution in [1.82, 2.24) is 31.5 Å². The van der Waals surface area contributed by atoms with E-state index in [2.05, 4.69) is 38.7 Å². The quantitative estimate of drug-likeness (QED) is 0.113. The van der Waals surface area contributed by atoms with Crippen LogP contribution in [0.15, 0.2) is 54.6 Å². The maximum Gasteiger partial charge on any atom is 0.315 e. The van der Waals surface area contributed by atoms with E-state index in [1.807, 2.05) is 61.2 Å². The van der Waals surface area contributed by atoms with E-state index in [1.165, 1.54) is 0 Å². The van der Waals surface area contributed by atoms with Gasteiger partial charge in [0.05, 0.1) is 24.2 Å². The molecular weight excluding hydrogens is 691 g/mol. The van der Waals surface area contributed by atoms with Gasteiger partial charge >= 0.3 is 6.03 Å². The molecule has 4 aliphatic rings. The molecule has 0 spiro atoms. The number of hydrogen-bond acceptors (Lipinski definition) is 7. The molecule has 4 heterocycles. The van der Waals surface area contributed by atoms with Gasteiger partial charge in [-0.15, -0.1) is 0 Å². The molecule has 4 saturated heterocycles. The SMILES string of the molecule is CC[C@H](N)C(=O)N[C@H]1CCC[C@H]2CC[C@@H](C(=O)N[C@@H](c3ccccc3)c3ccc(CCCNC(=O)CCCC[C@@H]4SC[C@@H]5NC(=O)N[C@@H]54)cc3)N2C1=O. The Hall–Kier alpha value is -4.10. The van der Waals surface area contributed by atoms with Gasteiger partial charge in [-0.3, -0.25) is 19.2 Å². The van der Waals surface area contributed by atoms with Crippen molar-refractivity contribution in [1.29, 1.82) is 0 Å². The van der Waals surface area contributed by atoms with Gasteiger partial charge in [0, 0.05) is 30.0 Å². The number of aryl methyl sites for hydroxylation is 1. The van der Waals surface area contributed by atoms with Crippen molar-refractivity contribution < 1.29 is 24.0 Å². The smallest absolute Gasteiger partial charge is 0.315 e. The van der Waals surface area contributed by atoms with Gasteiger partial charge in [-0.25, -0.2) is 4.79 Å². The molecule has 53 heavy (non-hydrogen) atoms. The molecule has 2 aromatic carbocycles. The van der Waals surface area contributed by atoms with Gasteiger partial charge in [-0.1, -0.05) is 67.9 Å². The zero-order chi connectivity index (χ0) is 37.3. The van der Waals surface area contributed by atoms with Crippen LogP contribution in [0.3, 0.4) is 0 Å². The molecule has 0 saturated carbocycles. The molecule has 286 valence electrons. The Labute approximate surface area is 316 Å². The third-order valence-corrected chi connectivity index (χ3v) is 12.8. The number of carbonyl (C=O) groups excluding carboxylic acids is 5. The summed E-state index contributed by atoms with van der Waals surface area (Å²) in [5, 5.41) is 15.6. The predicted molar refractivity (Wildman–Crippen MR) is 206 cm³/mol. The Balaban J connectivity index is 0.984. The molecule has 7 N–H and O–H groups in total. The number of rotatable bonds is 16. The van der Waals surface area contributed by atoms with E-state index in [9.17, 15) is 24.0 Å². The first-order valence-electron chi connectivity index (χ1n) is 19.5. The summed E-state index contributed by atoms with van der Waals surface area (Å²) in [5.74, 6) is 0.295. The van der Waals surface area contributed by atoms with Crippen molar-refractivity contribution in [2.75, 3.05) is 12.3 Å². The highest BCUT2D eigenvalue weighted by atomic mass is 32.2. The highest BCUT2D eigenvalue weighted by Gasteiger charge is 2.45. The predicted octanol–water partition coefficient (Wildman–Crippen LogP) is 3.43. The number of nitrogens with two attached hydrogens (primary N) is 1. The molecule has 13 heteroatoms. The molecule has 0 radical (unpaired) electrons. The molecule has 6 rings (SSSR count). The lowest BCUT2D eigenvalue weighted by Gasteiger charge is -2.32. The standard InChI is InChI=1S/C40H55N7O5S/c1-2-29(41)37(49)43-30-14-8-13-28-21-22-32(47(28)39(30)51)38(50)45-35(26-11-4-3-5-12-26)27-19-17-25(18-20-27)10-9-23-42-34(48)16-7-6-15-33-36-31(24-53-33)44-40(52)46-36/h3-5,11-12,17-20,28-33,35-36H,2,6-10,13-16,21-24,41H2,1H3,(H,42,48)(H,43,49)(H,45,50)(H2,44,46,52)/t28-,29-,30-,31-,32-,33-,35-,36-/m0/s1. The van der Waals surface area contributed by atoms with Crippen molar-refractivity contribution in [3.8, 4) is 0 Å². The monoisotopic (exact) mass is 745 g/mol. The van der Waals surface area contributed by atoms with E-state index in [-0.39, 0.29) is 47.8 Å². The minimum atomic E-state index is -0.680. The van der Waals surface area contributed by atoms with Crippen LogP contribution in [0.1, 0.15) is 100 Å². The van der Waals surface area contributed by atoms with Crippen molar-refractivity contribution in [3.63, 3.8) is 0 Å². The third-order valence-electron chi connectivity index (χ3n) is 11.3. The maximum atomic E-state index is 14.0. The molecule has 0 unspecified atom stereocenters. The first-order valence-corrected chi connectivity index (χ1v) is 20.5. The molecule has 0 aliphatic carbocycles. The number of hydrogen-bond donors (Lipinski definition) is 6. The lowest BCUT2D eigenvalue weighted by molar-refractivity contribution is -0.143. The normalized spacial score (nSPS) is 26.0. The summed E-state index contributed by atoms with van der Waals surface area (Å²) in [6.45, 7) is 2.44. The topological polar surface area (TPSA) is 175 Å².